The van der Waals surface area contributed by atoms with E-state index in [0.29, 0.717) is 29.4 Å². The molecule has 29 heavy (non-hydrogen) atoms. The number of benzene rings is 2. The Morgan fingerprint density at radius 3 is 2.48 bits per heavy atom. The first-order chi connectivity index (χ1) is 14.0. The number of para-hydroxylation sites is 1. The van der Waals surface area contributed by atoms with Crippen LogP contribution in [0.2, 0.25) is 0 Å². The van der Waals surface area contributed by atoms with Crippen LogP contribution in [0.15, 0.2) is 60.7 Å². The summed E-state index contributed by atoms with van der Waals surface area (Å²) >= 11 is 0. The van der Waals surface area contributed by atoms with Crippen LogP contribution in [0.3, 0.4) is 0 Å². The highest BCUT2D eigenvalue weighted by Crippen LogP contribution is 2.20. The summed E-state index contributed by atoms with van der Waals surface area (Å²) in [5, 5.41) is 12.0. The van der Waals surface area contributed by atoms with Gasteiger partial charge in [-0.3, -0.25) is 4.79 Å². The number of amides is 1. The van der Waals surface area contributed by atoms with E-state index in [9.17, 15) is 10.1 Å². The second-order valence-corrected chi connectivity index (χ2v) is 6.98. The van der Waals surface area contributed by atoms with E-state index in [2.05, 4.69) is 52.2 Å². The van der Waals surface area contributed by atoms with Crippen molar-refractivity contribution in [3.05, 3.63) is 83.3 Å². The molecule has 3 rings (SSSR count). The third kappa shape index (κ3) is 4.96. The van der Waals surface area contributed by atoms with Crippen LogP contribution < -0.4 is 10.2 Å². The molecule has 0 saturated heterocycles. The number of carbonyl (C=O) groups is 1. The van der Waals surface area contributed by atoms with Gasteiger partial charge in [-0.25, -0.2) is 9.97 Å². The number of rotatable bonds is 6. The molecule has 0 unspecified atom stereocenters. The number of nitrogens with one attached hydrogen (secondary N) is 1. The Bertz CT molecular complexity index is 1040. The van der Waals surface area contributed by atoms with Crippen molar-refractivity contribution in [3.8, 4) is 6.07 Å². The molecule has 0 radical (unpaired) electrons. The summed E-state index contributed by atoms with van der Waals surface area (Å²) in [6, 6.07) is 21.0. The summed E-state index contributed by atoms with van der Waals surface area (Å²) in [5.41, 5.74) is 2.29. The van der Waals surface area contributed by atoms with Gasteiger partial charge in [0.25, 0.3) is 5.91 Å². The largest absolute Gasteiger partial charge is 0.350 e. The number of anilines is 2. The summed E-state index contributed by atoms with van der Waals surface area (Å²) < 4.78 is 0. The molecule has 1 N–H and O–H groups in total. The lowest BCUT2D eigenvalue weighted by Gasteiger charge is -2.28. The maximum Gasteiger partial charge on any atom is 0.274 e. The average Bonchev–Trinajstić information content (AvgIpc) is 2.72. The van der Waals surface area contributed by atoms with Gasteiger partial charge in [0.05, 0.1) is 11.3 Å². The fourth-order valence-corrected chi connectivity index (χ4v) is 3.00. The molecule has 0 atom stereocenters. The maximum absolute atomic E-state index is 12.8. The highest BCUT2D eigenvalue weighted by atomic mass is 16.1. The minimum absolute atomic E-state index is 0.180. The van der Waals surface area contributed by atoms with Crippen molar-refractivity contribution < 1.29 is 4.79 Å². The molecule has 1 amide bonds. The van der Waals surface area contributed by atoms with E-state index in [1.165, 1.54) is 0 Å². The number of nitriles is 1. The minimum Gasteiger partial charge on any atom is -0.350 e. The van der Waals surface area contributed by atoms with E-state index in [1.807, 2.05) is 18.2 Å². The molecule has 6 heteroatoms. The number of nitrogens with zero attached hydrogens (tertiary/aromatic N) is 4. The van der Waals surface area contributed by atoms with E-state index in [0.717, 1.165) is 5.56 Å². The molecule has 0 bridgehead atoms. The molecule has 0 aliphatic heterocycles. The third-order valence-corrected chi connectivity index (χ3v) is 4.47. The first-order valence-electron chi connectivity index (χ1n) is 9.44. The van der Waals surface area contributed by atoms with Gasteiger partial charge in [0.2, 0.25) is 0 Å². The van der Waals surface area contributed by atoms with Crippen LogP contribution in [0.25, 0.3) is 0 Å². The van der Waals surface area contributed by atoms with Crippen LogP contribution in [-0.2, 0) is 6.54 Å². The first kappa shape index (κ1) is 20.0. The third-order valence-electron chi connectivity index (χ3n) is 4.47. The topological polar surface area (TPSA) is 81.9 Å². The zero-order chi connectivity index (χ0) is 20.8. The molecule has 6 nitrogen and oxygen atoms in total. The molecule has 0 spiro atoms. The van der Waals surface area contributed by atoms with Crippen LogP contribution >= 0.6 is 0 Å². The van der Waals surface area contributed by atoms with Crippen LogP contribution in [0.5, 0.6) is 0 Å². The summed E-state index contributed by atoms with van der Waals surface area (Å²) in [6.45, 7) is 6.62. The maximum atomic E-state index is 12.8. The van der Waals surface area contributed by atoms with Crippen molar-refractivity contribution in [2.45, 2.75) is 33.4 Å². The lowest BCUT2D eigenvalue weighted by Crippen LogP contribution is -2.31. The molecule has 146 valence electrons. The molecule has 0 saturated carbocycles. The van der Waals surface area contributed by atoms with Gasteiger partial charge >= 0.3 is 0 Å². The van der Waals surface area contributed by atoms with E-state index in [4.69, 9.17) is 0 Å². The Balaban J connectivity index is 1.90. The number of hydrogen-bond donors (Lipinski definition) is 1. The van der Waals surface area contributed by atoms with Crippen molar-refractivity contribution in [2.24, 2.45) is 0 Å². The van der Waals surface area contributed by atoms with E-state index >= 15 is 0 Å². The molecule has 3 aromatic rings. The molecule has 1 aromatic heterocycles. The van der Waals surface area contributed by atoms with E-state index in [-0.39, 0.29) is 17.6 Å². The van der Waals surface area contributed by atoms with Crippen molar-refractivity contribution in [2.75, 3.05) is 10.2 Å². The highest BCUT2D eigenvalue weighted by Gasteiger charge is 2.18. The van der Waals surface area contributed by atoms with E-state index < -0.39 is 0 Å². The zero-order valence-corrected chi connectivity index (χ0v) is 16.8. The number of aromatic nitrogens is 2. The molecule has 2 aromatic carbocycles. The number of hydrogen-bond acceptors (Lipinski definition) is 5. The lowest BCUT2D eigenvalue weighted by atomic mass is 10.1. The molecule has 0 aliphatic carbocycles. The van der Waals surface area contributed by atoms with Crippen molar-refractivity contribution in [1.29, 1.82) is 5.26 Å². The predicted molar refractivity (Wildman–Crippen MR) is 114 cm³/mol. The van der Waals surface area contributed by atoms with Gasteiger partial charge in [-0.15, -0.1) is 0 Å². The lowest BCUT2D eigenvalue weighted by molar-refractivity contribution is 0.102. The van der Waals surface area contributed by atoms with Crippen molar-refractivity contribution >= 4 is 17.4 Å². The van der Waals surface area contributed by atoms with Gasteiger partial charge in [-0.05, 0) is 38.5 Å². The molecule has 1 heterocycles. The normalized spacial score (nSPS) is 10.4. The Morgan fingerprint density at radius 1 is 1.10 bits per heavy atom. The number of carbonyl (C=O) groups excluding carboxylic acids is 1. The summed E-state index contributed by atoms with van der Waals surface area (Å²) in [5.74, 6) is 0.831. The van der Waals surface area contributed by atoms with Gasteiger partial charge in [0.15, 0.2) is 0 Å². The Hall–Kier alpha value is -3.72. The van der Waals surface area contributed by atoms with Gasteiger partial charge in [-0.2, -0.15) is 5.26 Å². The highest BCUT2D eigenvalue weighted by molar-refractivity contribution is 6.04. The SMILES string of the molecule is Cc1nc(C(=O)Nc2ccccc2C#N)cc(N(Cc2ccccc2)C(C)C)n1. The monoisotopic (exact) mass is 385 g/mol. The Morgan fingerprint density at radius 2 is 1.79 bits per heavy atom. The number of aryl methyl sites for hydroxylation is 1. The molecule has 0 fully saturated rings. The molecular weight excluding hydrogens is 362 g/mol. The fraction of sp³-hybridized carbons (Fsp3) is 0.217. The predicted octanol–water partition coefficient (Wildman–Crippen LogP) is 4.32. The van der Waals surface area contributed by atoms with Crippen LogP contribution in [0.1, 0.15) is 41.3 Å². The minimum atomic E-state index is -0.372. The van der Waals surface area contributed by atoms with Crippen LogP contribution in [-0.4, -0.2) is 21.9 Å². The zero-order valence-electron chi connectivity index (χ0n) is 16.8. The van der Waals surface area contributed by atoms with Gasteiger partial charge in [-0.1, -0.05) is 42.5 Å². The first-order valence-corrected chi connectivity index (χ1v) is 9.44. The van der Waals surface area contributed by atoms with Crippen molar-refractivity contribution in [3.63, 3.8) is 0 Å². The summed E-state index contributed by atoms with van der Waals surface area (Å²) in [7, 11) is 0. The second-order valence-electron chi connectivity index (χ2n) is 6.98. The van der Waals surface area contributed by atoms with Crippen LogP contribution in [0.4, 0.5) is 11.5 Å². The van der Waals surface area contributed by atoms with Crippen LogP contribution in [0, 0.1) is 18.3 Å². The smallest absolute Gasteiger partial charge is 0.274 e. The summed E-state index contributed by atoms with van der Waals surface area (Å²) in [6.07, 6.45) is 0. The molecular formula is C23H23N5O. The quantitative estimate of drug-likeness (QED) is 0.683. The van der Waals surface area contributed by atoms with Gasteiger partial charge < -0.3 is 10.2 Å². The Labute approximate surface area is 170 Å². The molecule has 0 aliphatic rings. The van der Waals surface area contributed by atoms with Crippen molar-refractivity contribution in [1.82, 2.24) is 9.97 Å². The summed E-state index contributed by atoms with van der Waals surface area (Å²) in [4.78, 5) is 23.8. The van der Waals surface area contributed by atoms with Gasteiger partial charge in [0.1, 0.15) is 23.4 Å². The van der Waals surface area contributed by atoms with Gasteiger partial charge in [0, 0.05) is 18.7 Å². The second kappa shape index (κ2) is 8.98. The fourth-order valence-electron chi connectivity index (χ4n) is 3.00. The average molecular weight is 385 g/mol. The Kier molecular flexibility index (Phi) is 6.20. The standard InChI is InChI=1S/C23H23N5O/c1-16(2)28(15-18-9-5-4-6-10-18)22-13-21(25-17(3)26-22)23(29)27-20-12-8-7-11-19(20)14-24/h4-13,16H,15H2,1-3H3,(H,27,29). The van der Waals surface area contributed by atoms with E-state index in [1.54, 1.807) is 37.3 Å².